The van der Waals surface area contributed by atoms with Crippen LogP contribution in [0.5, 0.6) is 23.0 Å². The van der Waals surface area contributed by atoms with E-state index in [0.717, 1.165) is 57.6 Å². The van der Waals surface area contributed by atoms with Crippen molar-refractivity contribution in [2.75, 3.05) is 53.5 Å². The van der Waals surface area contributed by atoms with Gasteiger partial charge in [-0.05, 0) is 49.8 Å². The van der Waals surface area contributed by atoms with Gasteiger partial charge in [-0.25, -0.2) is 0 Å². The molecule has 5 rings (SSSR count). The molecule has 8 heteroatoms. The van der Waals surface area contributed by atoms with E-state index >= 15 is 0 Å². The molecule has 0 saturated carbocycles. The Labute approximate surface area is 217 Å². The highest BCUT2D eigenvalue weighted by molar-refractivity contribution is 6.07. The number of anilines is 2. The molecule has 192 valence electrons. The van der Waals surface area contributed by atoms with Gasteiger partial charge in [0.05, 0.1) is 40.2 Å². The molecule has 0 N–H and O–H groups in total. The Morgan fingerprint density at radius 1 is 0.838 bits per heavy atom. The Balaban J connectivity index is 1.70. The molecular weight excluding hydrogens is 468 g/mol. The van der Waals surface area contributed by atoms with Crippen molar-refractivity contribution in [3.63, 3.8) is 0 Å². The summed E-state index contributed by atoms with van der Waals surface area (Å²) in [6.07, 6.45) is 8.43. The number of hydrogen-bond acceptors (Lipinski definition) is 8. The minimum Gasteiger partial charge on any atom is -0.493 e. The summed E-state index contributed by atoms with van der Waals surface area (Å²) >= 11 is 0. The Kier molecular flexibility index (Phi) is 7.01. The normalized spacial score (nSPS) is 12.3. The zero-order chi connectivity index (χ0) is 25.9. The molecular formula is C29H32N4O4. The van der Waals surface area contributed by atoms with Crippen molar-refractivity contribution in [3.8, 4) is 34.1 Å². The third-order valence-corrected chi connectivity index (χ3v) is 6.63. The fourth-order valence-electron chi connectivity index (χ4n) is 4.91. The molecule has 0 amide bonds. The molecule has 3 heterocycles. The molecule has 37 heavy (non-hydrogen) atoms. The molecule has 0 bridgehead atoms. The van der Waals surface area contributed by atoms with E-state index in [0.29, 0.717) is 30.4 Å². The number of aromatic nitrogens is 2. The van der Waals surface area contributed by atoms with Crippen LogP contribution in [-0.2, 0) is 6.54 Å². The molecule has 0 saturated heterocycles. The van der Waals surface area contributed by atoms with Crippen molar-refractivity contribution < 1.29 is 18.9 Å². The van der Waals surface area contributed by atoms with Crippen molar-refractivity contribution >= 4 is 22.1 Å². The summed E-state index contributed by atoms with van der Waals surface area (Å²) in [5.74, 6) is 2.60. The quantitative estimate of drug-likeness (QED) is 0.287. The lowest BCUT2D eigenvalue weighted by atomic mass is 9.91. The third-order valence-electron chi connectivity index (χ3n) is 6.63. The van der Waals surface area contributed by atoms with Crippen LogP contribution in [0.2, 0.25) is 0 Å². The fraction of sp³-hybridized carbons (Fsp3) is 0.310. The van der Waals surface area contributed by atoms with E-state index in [2.05, 4.69) is 46.0 Å². The zero-order valence-electron chi connectivity index (χ0n) is 21.9. The average Bonchev–Trinajstić information content (AvgIpc) is 2.93. The van der Waals surface area contributed by atoms with Crippen LogP contribution in [0.3, 0.4) is 0 Å². The van der Waals surface area contributed by atoms with Crippen LogP contribution in [0.4, 0.5) is 11.4 Å². The largest absolute Gasteiger partial charge is 0.493 e. The molecule has 0 spiro atoms. The number of ether oxygens (including phenoxy) is 4. The van der Waals surface area contributed by atoms with Gasteiger partial charge in [0.1, 0.15) is 5.75 Å². The maximum Gasteiger partial charge on any atom is 0.203 e. The Hall–Kier alpha value is -4.04. The van der Waals surface area contributed by atoms with E-state index < -0.39 is 0 Å². The first kappa shape index (κ1) is 24.6. The number of fused-ring (bicyclic) bond motifs is 5. The second kappa shape index (κ2) is 10.5. The van der Waals surface area contributed by atoms with E-state index in [-0.39, 0.29) is 0 Å². The summed E-state index contributed by atoms with van der Waals surface area (Å²) in [5, 5.41) is 2.03. The van der Waals surface area contributed by atoms with E-state index in [1.54, 1.807) is 21.3 Å². The molecule has 0 fully saturated rings. The Morgan fingerprint density at radius 2 is 1.57 bits per heavy atom. The average molecular weight is 501 g/mol. The molecule has 0 atom stereocenters. The molecule has 0 radical (unpaired) electrons. The number of rotatable bonds is 9. The van der Waals surface area contributed by atoms with Gasteiger partial charge in [0, 0.05) is 65.5 Å². The van der Waals surface area contributed by atoms with Gasteiger partial charge in [0.2, 0.25) is 5.75 Å². The lowest BCUT2D eigenvalue weighted by Crippen LogP contribution is -2.22. The Morgan fingerprint density at radius 3 is 2.27 bits per heavy atom. The summed E-state index contributed by atoms with van der Waals surface area (Å²) in [6, 6.07) is 10.2. The van der Waals surface area contributed by atoms with Crippen molar-refractivity contribution in [3.05, 3.63) is 60.7 Å². The van der Waals surface area contributed by atoms with E-state index in [1.165, 1.54) is 0 Å². The van der Waals surface area contributed by atoms with Gasteiger partial charge >= 0.3 is 0 Å². The highest BCUT2D eigenvalue weighted by Crippen LogP contribution is 2.51. The number of benzene rings is 2. The molecule has 8 nitrogen and oxygen atoms in total. The first-order valence-corrected chi connectivity index (χ1v) is 12.2. The standard InChI is InChI=1S/C29H32N4O4/c1-32(2)11-6-12-37-25-15-23-21-7-9-30-16-19(21)18-33(28(23)24-17-31-10-8-22(24)25)20-13-26(34-3)29(36-5)27(14-20)35-4/h7-10,13-17H,6,11-12,18H2,1-5H3. The van der Waals surface area contributed by atoms with Gasteiger partial charge in [-0.1, -0.05) is 0 Å². The molecule has 1 aliphatic heterocycles. The molecule has 0 aliphatic carbocycles. The highest BCUT2D eigenvalue weighted by atomic mass is 16.5. The summed E-state index contributed by atoms with van der Waals surface area (Å²) < 4.78 is 23.2. The second-order valence-electron chi connectivity index (χ2n) is 9.20. The van der Waals surface area contributed by atoms with Gasteiger partial charge in [-0.15, -0.1) is 0 Å². The number of methoxy groups -OCH3 is 3. The van der Waals surface area contributed by atoms with E-state index in [4.69, 9.17) is 18.9 Å². The first-order chi connectivity index (χ1) is 18.0. The number of hydrogen-bond donors (Lipinski definition) is 0. The SMILES string of the molecule is COc1cc(N2Cc3cnccc3-c3cc(OCCCN(C)C)c4ccncc4c32)cc(OC)c1OC. The van der Waals surface area contributed by atoms with Crippen molar-refractivity contribution in [1.29, 1.82) is 0 Å². The smallest absolute Gasteiger partial charge is 0.203 e. The predicted molar refractivity (Wildman–Crippen MR) is 146 cm³/mol. The van der Waals surface area contributed by atoms with Crippen LogP contribution in [0, 0.1) is 0 Å². The van der Waals surface area contributed by atoms with Gasteiger partial charge in [-0.3, -0.25) is 9.97 Å². The van der Waals surface area contributed by atoms with Crippen LogP contribution in [-0.4, -0.2) is 63.4 Å². The van der Waals surface area contributed by atoms with Crippen molar-refractivity contribution in [1.82, 2.24) is 14.9 Å². The maximum atomic E-state index is 6.35. The molecule has 0 unspecified atom stereocenters. The van der Waals surface area contributed by atoms with Crippen LogP contribution in [0.25, 0.3) is 21.9 Å². The summed E-state index contributed by atoms with van der Waals surface area (Å²) in [5.41, 5.74) is 5.29. The molecule has 2 aromatic carbocycles. The minimum atomic E-state index is 0.557. The Bertz CT molecular complexity index is 1400. The van der Waals surface area contributed by atoms with Crippen molar-refractivity contribution in [2.45, 2.75) is 13.0 Å². The van der Waals surface area contributed by atoms with E-state index in [9.17, 15) is 0 Å². The zero-order valence-corrected chi connectivity index (χ0v) is 21.9. The van der Waals surface area contributed by atoms with E-state index in [1.807, 2.05) is 43.0 Å². The highest BCUT2D eigenvalue weighted by Gasteiger charge is 2.29. The lowest BCUT2D eigenvalue weighted by molar-refractivity contribution is 0.284. The second-order valence-corrected chi connectivity index (χ2v) is 9.20. The predicted octanol–water partition coefficient (Wildman–Crippen LogP) is 5.30. The van der Waals surface area contributed by atoms with Crippen LogP contribution in [0.1, 0.15) is 12.0 Å². The monoisotopic (exact) mass is 500 g/mol. The van der Waals surface area contributed by atoms with Crippen LogP contribution < -0.4 is 23.8 Å². The van der Waals surface area contributed by atoms with Gasteiger partial charge in [0.15, 0.2) is 11.5 Å². The van der Waals surface area contributed by atoms with Crippen LogP contribution >= 0.6 is 0 Å². The van der Waals surface area contributed by atoms with Crippen LogP contribution in [0.15, 0.2) is 55.1 Å². The molecule has 2 aromatic heterocycles. The summed E-state index contributed by atoms with van der Waals surface area (Å²) in [7, 11) is 9.01. The van der Waals surface area contributed by atoms with Crippen molar-refractivity contribution in [2.24, 2.45) is 0 Å². The topological polar surface area (TPSA) is 69.2 Å². The van der Waals surface area contributed by atoms with Gasteiger partial charge < -0.3 is 28.7 Å². The lowest BCUT2D eigenvalue weighted by Gasteiger charge is -2.34. The molecule has 4 aromatic rings. The minimum absolute atomic E-state index is 0.557. The summed E-state index contributed by atoms with van der Waals surface area (Å²) in [6.45, 7) is 2.23. The maximum absolute atomic E-state index is 6.35. The fourth-order valence-corrected chi connectivity index (χ4v) is 4.91. The number of nitrogens with zero attached hydrogens (tertiary/aromatic N) is 4. The third kappa shape index (κ3) is 4.60. The summed E-state index contributed by atoms with van der Waals surface area (Å²) in [4.78, 5) is 13.3. The van der Waals surface area contributed by atoms with Gasteiger partial charge in [-0.2, -0.15) is 0 Å². The first-order valence-electron chi connectivity index (χ1n) is 12.2. The van der Waals surface area contributed by atoms with Gasteiger partial charge in [0.25, 0.3) is 0 Å². The number of pyridine rings is 2. The molecule has 1 aliphatic rings.